The zero-order valence-electron chi connectivity index (χ0n) is 11.0. The summed E-state index contributed by atoms with van der Waals surface area (Å²) >= 11 is 1.57. The standard InChI is InChI=1S/C13H21NO3S/c1-9(14-7-13(2,17)8-18-3)12-10(15)5-4-6-11(12)16/h4-6,9,14-17H,7-8H2,1-3H3. The van der Waals surface area contributed by atoms with E-state index in [0.717, 1.165) is 0 Å². The molecular weight excluding hydrogens is 250 g/mol. The molecule has 0 aliphatic carbocycles. The van der Waals surface area contributed by atoms with E-state index < -0.39 is 5.60 Å². The summed E-state index contributed by atoms with van der Waals surface area (Å²) in [7, 11) is 0. The van der Waals surface area contributed by atoms with E-state index in [4.69, 9.17) is 0 Å². The highest BCUT2D eigenvalue weighted by atomic mass is 32.2. The zero-order chi connectivity index (χ0) is 13.8. The van der Waals surface area contributed by atoms with E-state index in [1.54, 1.807) is 24.8 Å². The molecule has 0 heterocycles. The fourth-order valence-electron chi connectivity index (χ4n) is 1.82. The normalized spacial score (nSPS) is 16.2. The Kier molecular flexibility index (Phi) is 5.31. The Morgan fingerprint density at radius 3 is 2.39 bits per heavy atom. The maximum Gasteiger partial charge on any atom is 0.124 e. The van der Waals surface area contributed by atoms with E-state index in [9.17, 15) is 15.3 Å². The number of aromatic hydroxyl groups is 2. The summed E-state index contributed by atoms with van der Waals surface area (Å²) in [5, 5.41) is 32.6. The van der Waals surface area contributed by atoms with Crippen molar-refractivity contribution in [3.63, 3.8) is 0 Å². The average Bonchev–Trinajstić information content (AvgIpc) is 2.26. The van der Waals surface area contributed by atoms with Crippen LogP contribution in [0.3, 0.4) is 0 Å². The van der Waals surface area contributed by atoms with Crippen LogP contribution in [-0.2, 0) is 0 Å². The van der Waals surface area contributed by atoms with Gasteiger partial charge in [-0.25, -0.2) is 0 Å². The maximum atomic E-state index is 10.0. The number of phenols is 2. The summed E-state index contributed by atoms with van der Waals surface area (Å²) in [5.41, 5.74) is -0.356. The third-order valence-electron chi connectivity index (χ3n) is 2.74. The van der Waals surface area contributed by atoms with Gasteiger partial charge in [-0.3, -0.25) is 0 Å². The van der Waals surface area contributed by atoms with E-state index in [1.807, 2.05) is 13.2 Å². The number of thioether (sulfide) groups is 1. The minimum atomic E-state index is -0.812. The monoisotopic (exact) mass is 271 g/mol. The minimum absolute atomic E-state index is 0.0551. The van der Waals surface area contributed by atoms with Crippen LogP contribution in [0.1, 0.15) is 25.5 Å². The Labute approximate surface area is 112 Å². The molecule has 0 saturated carbocycles. The van der Waals surface area contributed by atoms with Gasteiger partial charge in [-0.1, -0.05) is 6.07 Å². The van der Waals surface area contributed by atoms with Gasteiger partial charge in [-0.05, 0) is 32.2 Å². The number of benzene rings is 1. The van der Waals surface area contributed by atoms with E-state index in [2.05, 4.69) is 5.32 Å². The number of hydrogen-bond donors (Lipinski definition) is 4. The molecule has 5 heteroatoms. The first-order valence-electron chi connectivity index (χ1n) is 5.83. The second kappa shape index (κ2) is 6.31. The van der Waals surface area contributed by atoms with Crippen molar-refractivity contribution in [1.82, 2.24) is 5.32 Å². The zero-order valence-corrected chi connectivity index (χ0v) is 11.8. The Hall–Kier alpha value is -0.910. The van der Waals surface area contributed by atoms with Crippen molar-refractivity contribution >= 4 is 11.8 Å². The van der Waals surface area contributed by atoms with Crippen LogP contribution in [0.2, 0.25) is 0 Å². The molecule has 0 aliphatic heterocycles. The topological polar surface area (TPSA) is 72.7 Å². The SMILES string of the molecule is CSCC(C)(O)CNC(C)c1c(O)cccc1O. The molecule has 0 aromatic heterocycles. The number of phenolic OH excluding ortho intramolecular Hbond substituents is 2. The molecule has 0 fully saturated rings. The summed E-state index contributed by atoms with van der Waals surface area (Å²) in [5.74, 6) is 0.735. The lowest BCUT2D eigenvalue weighted by atomic mass is 10.0. The molecule has 2 atom stereocenters. The molecular formula is C13H21NO3S. The lowest BCUT2D eigenvalue weighted by molar-refractivity contribution is 0.0818. The first kappa shape index (κ1) is 15.1. The number of nitrogens with one attached hydrogen (secondary N) is 1. The predicted molar refractivity (Wildman–Crippen MR) is 75.2 cm³/mol. The average molecular weight is 271 g/mol. The highest BCUT2D eigenvalue weighted by molar-refractivity contribution is 7.98. The number of aliphatic hydroxyl groups is 1. The first-order chi connectivity index (χ1) is 8.37. The molecule has 0 bridgehead atoms. The summed E-state index contributed by atoms with van der Waals surface area (Å²) in [6, 6.07) is 4.42. The first-order valence-corrected chi connectivity index (χ1v) is 7.22. The predicted octanol–water partition coefficient (Wildman–Crippen LogP) is 1.86. The fourth-order valence-corrected chi connectivity index (χ4v) is 2.55. The highest BCUT2D eigenvalue weighted by Crippen LogP contribution is 2.32. The summed E-state index contributed by atoms with van der Waals surface area (Å²) < 4.78 is 0. The Morgan fingerprint density at radius 2 is 1.89 bits per heavy atom. The van der Waals surface area contributed by atoms with Crippen LogP contribution in [0.4, 0.5) is 0 Å². The molecule has 102 valence electrons. The Morgan fingerprint density at radius 1 is 1.33 bits per heavy atom. The molecule has 0 spiro atoms. The second-order valence-electron chi connectivity index (χ2n) is 4.74. The Bertz CT molecular complexity index is 376. The molecule has 0 amide bonds. The fraction of sp³-hybridized carbons (Fsp3) is 0.538. The highest BCUT2D eigenvalue weighted by Gasteiger charge is 2.22. The van der Waals surface area contributed by atoms with Crippen molar-refractivity contribution in [3.8, 4) is 11.5 Å². The van der Waals surface area contributed by atoms with E-state index >= 15 is 0 Å². The molecule has 0 saturated heterocycles. The number of hydrogen-bond acceptors (Lipinski definition) is 5. The molecule has 0 radical (unpaired) electrons. The minimum Gasteiger partial charge on any atom is -0.507 e. The third kappa shape index (κ3) is 4.08. The van der Waals surface area contributed by atoms with Gasteiger partial charge in [0.25, 0.3) is 0 Å². The molecule has 1 aromatic rings. The molecule has 2 unspecified atom stereocenters. The van der Waals surface area contributed by atoms with Crippen LogP contribution in [0.15, 0.2) is 18.2 Å². The van der Waals surface area contributed by atoms with Gasteiger partial charge in [0.15, 0.2) is 0 Å². The molecule has 1 rings (SSSR count). The van der Waals surface area contributed by atoms with Gasteiger partial charge in [-0.15, -0.1) is 0 Å². The molecule has 4 N–H and O–H groups in total. The molecule has 18 heavy (non-hydrogen) atoms. The molecule has 4 nitrogen and oxygen atoms in total. The van der Waals surface area contributed by atoms with Gasteiger partial charge in [0, 0.05) is 18.3 Å². The summed E-state index contributed by atoms with van der Waals surface area (Å²) in [6.45, 7) is 3.99. The lowest BCUT2D eigenvalue weighted by Crippen LogP contribution is -2.40. The quantitative estimate of drug-likeness (QED) is 0.635. The second-order valence-corrected chi connectivity index (χ2v) is 5.61. The van der Waals surface area contributed by atoms with E-state index in [0.29, 0.717) is 17.9 Å². The van der Waals surface area contributed by atoms with Gasteiger partial charge in [0.05, 0.1) is 11.2 Å². The smallest absolute Gasteiger partial charge is 0.124 e. The number of rotatable bonds is 6. The Balaban J connectivity index is 2.69. The van der Waals surface area contributed by atoms with Crippen LogP contribution in [-0.4, -0.2) is 39.5 Å². The van der Waals surface area contributed by atoms with Crippen molar-refractivity contribution in [2.24, 2.45) is 0 Å². The summed E-state index contributed by atoms with van der Waals surface area (Å²) in [4.78, 5) is 0. The van der Waals surface area contributed by atoms with Crippen molar-refractivity contribution in [3.05, 3.63) is 23.8 Å². The van der Waals surface area contributed by atoms with Gasteiger partial charge < -0.3 is 20.6 Å². The van der Waals surface area contributed by atoms with E-state index in [-0.39, 0.29) is 17.5 Å². The van der Waals surface area contributed by atoms with Crippen LogP contribution < -0.4 is 5.32 Å². The lowest BCUT2D eigenvalue weighted by Gasteiger charge is -2.25. The van der Waals surface area contributed by atoms with Crippen molar-refractivity contribution in [2.45, 2.75) is 25.5 Å². The molecule has 1 aromatic carbocycles. The van der Waals surface area contributed by atoms with Gasteiger partial charge in [-0.2, -0.15) is 11.8 Å². The van der Waals surface area contributed by atoms with Crippen LogP contribution in [0.25, 0.3) is 0 Å². The van der Waals surface area contributed by atoms with Crippen LogP contribution in [0, 0.1) is 0 Å². The van der Waals surface area contributed by atoms with Gasteiger partial charge in [0.2, 0.25) is 0 Å². The van der Waals surface area contributed by atoms with E-state index in [1.165, 1.54) is 12.1 Å². The van der Waals surface area contributed by atoms with Crippen molar-refractivity contribution in [2.75, 3.05) is 18.6 Å². The van der Waals surface area contributed by atoms with Crippen molar-refractivity contribution < 1.29 is 15.3 Å². The molecule has 0 aliphatic rings. The maximum absolute atomic E-state index is 10.0. The van der Waals surface area contributed by atoms with Crippen molar-refractivity contribution in [1.29, 1.82) is 0 Å². The van der Waals surface area contributed by atoms with Crippen LogP contribution >= 0.6 is 11.8 Å². The van der Waals surface area contributed by atoms with Gasteiger partial charge >= 0.3 is 0 Å². The van der Waals surface area contributed by atoms with Gasteiger partial charge in [0.1, 0.15) is 11.5 Å². The largest absolute Gasteiger partial charge is 0.507 e. The van der Waals surface area contributed by atoms with Crippen LogP contribution in [0.5, 0.6) is 11.5 Å². The summed E-state index contributed by atoms with van der Waals surface area (Å²) in [6.07, 6.45) is 1.94. The third-order valence-corrected chi connectivity index (χ3v) is 3.65.